The molecule has 3 rings (SSSR count). The van der Waals surface area contributed by atoms with E-state index in [0.717, 1.165) is 15.3 Å². The maximum absolute atomic E-state index is 12.9. The van der Waals surface area contributed by atoms with Crippen molar-refractivity contribution in [1.29, 1.82) is 0 Å². The smallest absolute Gasteiger partial charge is 0.272 e. The SMILES string of the molecule is CSc1cccc(NC(=O)/C(=C/c2cccs2)NC(=O)c2cccc(C)c2)c1. The molecule has 28 heavy (non-hydrogen) atoms. The minimum atomic E-state index is -0.368. The lowest BCUT2D eigenvalue weighted by molar-refractivity contribution is -0.113. The van der Waals surface area contributed by atoms with Gasteiger partial charge in [0.25, 0.3) is 11.8 Å². The maximum atomic E-state index is 12.9. The summed E-state index contributed by atoms with van der Waals surface area (Å²) in [6, 6.07) is 18.6. The molecule has 6 heteroatoms. The normalized spacial score (nSPS) is 11.1. The molecule has 2 aromatic carbocycles. The Bertz CT molecular complexity index is 1010. The summed E-state index contributed by atoms with van der Waals surface area (Å²) in [5.41, 5.74) is 2.37. The number of aryl methyl sites for hydroxylation is 1. The molecule has 0 aliphatic carbocycles. The Labute approximate surface area is 172 Å². The molecule has 0 radical (unpaired) electrons. The standard InChI is InChI=1S/C22H20N2O2S2/c1-15-6-3-7-16(12-15)21(25)24-20(14-19-10-5-11-28-19)22(26)23-17-8-4-9-18(13-17)27-2/h3-14H,1-2H3,(H,23,26)(H,24,25)/b20-14-. The second-order valence-electron chi connectivity index (χ2n) is 6.08. The van der Waals surface area contributed by atoms with Crippen LogP contribution in [0, 0.1) is 6.92 Å². The number of carbonyl (C=O) groups excluding carboxylic acids is 2. The number of nitrogens with one attached hydrogen (secondary N) is 2. The predicted octanol–water partition coefficient (Wildman–Crippen LogP) is 5.19. The number of thioether (sulfide) groups is 1. The Morgan fingerprint density at radius 1 is 1.04 bits per heavy atom. The van der Waals surface area contributed by atoms with Crippen molar-refractivity contribution in [2.75, 3.05) is 11.6 Å². The van der Waals surface area contributed by atoms with Crippen LogP contribution in [-0.2, 0) is 4.79 Å². The van der Waals surface area contributed by atoms with E-state index < -0.39 is 0 Å². The third kappa shape index (κ3) is 5.34. The average Bonchev–Trinajstić information content (AvgIpc) is 3.20. The van der Waals surface area contributed by atoms with Crippen molar-refractivity contribution < 1.29 is 9.59 Å². The van der Waals surface area contributed by atoms with Crippen LogP contribution in [0.5, 0.6) is 0 Å². The van der Waals surface area contributed by atoms with Gasteiger partial charge in [0, 0.05) is 21.0 Å². The van der Waals surface area contributed by atoms with Crippen molar-refractivity contribution in [2.45, 2.75) is 11.8 Å². The molecule has 0 saturated carbocycles. The number of carbonyl (C=O) groups is 2. The number of benzene rings is 2. The molecule has 4 nitrogen and oxygen atoms in total. The zero-order valence-electron chi connectivity index (χ0n) is 15.6. The van der Waals surface area contributed by atoms with E-state index in [4.69, 9.17) is 0 Å². The molecule has 0 fully saturated rings. The van der Waals surface area contributed by atoms with E-state index in [2.05, 4.69) is 10.6 Å². The highest BCUT2D eigenvalue weighted by Crippen LogP contribution is 2.20. The van der Waals surface area contributed by atoms with Gasteiger partial charge in [0.1, 0.15) is 5.70 Å². The zero-order chi connectivity index (χ0) is 19.9. The molecule has 142 valence electrons. The summed E-state index contributed by atoms with van der Waals surface area (Å²) in [6.45, 7) is 1.92. The van der Waals surface area contributed by atoms with Crippen LogP contribution in [0.15, 0.2) is 76.6 Å². The fourth-order valence-corrected chi connectivity index (χ4v) is 3.67. The highest BCUT2D eigenvalue weighted by molar-refractivity contribution is 7.98. The Balaban J connectivity index is 1.84. The Hall–Kier alpha value is -2.83. The van der Waals surface area contributed by atoms with E-state index in [1.807, 2.05) is 67.1 Å². The van der Waals surface area contributed by atoms with Crippen molar-refractivity contribution in [3.63, 3.8) is 0 Å². The minimum Gasteiger partial charge on any atom is -0.321 e. The van der Waals surface area contributed by atoms with Gasteiger partial charge in [-0.15, -0.1) is 23.1 Å². The molecule has 0 atom stereocenters. The van der Waals surface area contributed by atoms with Gasteiger partial charge in [0.15, 0.2) is 0 Å². The van der Waals surface area contributed by atoms with Crippen LogP contribution in [0.4, 0.5) is 5.69 Å². The lowest BCUT2D eigenvalue weighted by Gasteiger charge is -2.12. The molecular weight excluding hydrogens is 388 g/mol. The number of anilines is 1. The first-order valence-electron chi connectivity index (χ1n) is 8.64. The second-order valence-corrected chi connectivity index (χ2v) is 7.94. The van der Waals surface area contributed by atoms with Crippen LogP contribution in [-0.4, -0.2) is 18.1 Å². The van der Waals surface area contributed by atoms with E-state index in [-0.39, 0.29) is 17.5 Å². The molecule has 0 aliphatic heterocycles. The number of thiophene rings is 1. The summed E-state index contributed by atoms with van der Waals surface area (Å²) in [5.74, 6) is -0.688. The average molecular weight is 409 g/mol. The van der Waals surface area contributed by atoms with Gasteiger partial charge in [-0.2, -0.15) is 0 Å². The fourth-order valence-electron chi connectivity index (χ4n) is 2.55. The van der Waals surface area contributed by atoms with Crippen LogP contribution in [0.3, 0.4) is 0 Å². The van der Waals surface area contributed by atoms with Crippen LogP contribution < -0.4 is 10.6 Å². The van der Waals surface area contributed by atoms with E-state index >= 15 is 0 Å². The molecule has 0 aliphatic rings. The summed E-state index contributed by atoms with van der Waals surface area (Å²) < 4.78 is 0. The molecule has 0 bridgehead atoms. The fraction of sp³-hybridized carbons (Fsp3) is 0.0909. The first-order valence-corrected chi connectivity index (χ1v) is 10.7. The zero-order valence-corrected chi connectivity index (χ0v) is 17.2. The second kappa shape index (κ2) is 9.39. The van der Waals surface area contributed by atoms with Crippen molar-refractivity contribution in [2.24, 2.45) is 0 Å². The van der Waals surface area contributed by atoms with Crippen molar-refractivity contribution >= 4 is 46.7 Å². The number of hydrogen-bond donors (Lipinski definition) is 2. The lowest BCUT2D eigenvalue weighted by atomic mass is 10.1. The molecule has 0 unspecified atom stereocenters. The summed E-state index contributed by atoms with van der Waals surface area (Å²) in [4.78, 5) is 27.5. The molecule has 2 amide bonds. The predicted molar refractivity (Wildman–Crippen MR) is 118 cm³/mol. The molecular formula is C22H20N2O2S2. The number of rotatable bonds is 6. The van der Waals surface area contributed by atoms with Gasteiger partial charge in [0.2, 0.25) is 0 Å². The van der Waals surface area contributed by atoms with Crippen LogP contribution in [0.1, 0.15) is 20.8 Å². The summed E-state index contributed by atoms with van der Waals surface area (Å²) in [5, 5.41) is 7.55. The van der Waals surface area contributed by atoms with Gasteiger partial charge in [-0.1, -0.05) is 29.8 Å². The quantitative estimate of drug-likeness (QED) is 0.436. The highest BCUT2D eigenvalue weighted by Gasteiger charge is 2.15. The number of amides is 2. The summed E-state index contributed by atoms with van der Waals surface area (Å²) in [7, 11) is 0. The molecule has 1 heterocycles. The van der Waals surface area contributed by atoms with Crippen LogP contribution in [0.2, 0.25) is 0 Å². The van der Waals surface area contributed by atoms with E-state index in [0.29, 0.717) is 11.3 Å². The first-order chi connectivity index (χ1) is 13.5. The molecule has 0 spiro atoms. The van der Waals surface area contributed by atoms with E-state index in [1.54, 1.807) is 30.0 Å². The van der Waals surface area contributed by atoms with Crippen molar-refractivity contribution in [1.82, 2.24) is 5.32 Å². The van der Waals surface area contributed by atoms with Crippen molar-refractivity contribution in [3.05, 3.63) is 87.7 Å². The monoisotopic (exact) mass is 408 g/mol. The van der Waals surface area contributed by atoms with E-state index in [1.165, 1.54) is 11.3 Å². The first kappa shape index (κ1) is 19.9. The molecule has 0 saturated heterocycles. The van der Waals surface area contributed by atoms with Gasteiger partial charge in [-0.05, 0) is 61.0 Å². The lowest BCUT2D eigenvalue weighted by Crippen LogP contribution is -2.30. The maximum Gasteiger partial charge on any atom is 0.272 e. The Kier molecular flexibility index (Phi) is 6.68. The third-order valence-electron chi connectivity index (χ3n) is 3.93. The molecule has 1 aromatic heterocycles. The molecule has 3 aromatic rings. The van der Waals surface area contributed by atoms with Crippen LogP contribution in [0.25, 0.3) is 6.08 Å². The Morgan fingerprint density at radius 3 is 2.57 bits per heavy atom. The minimum absolute atomic E-state index is 0.198. The summed E-state index contributed by atoms with van der Waals surface area (Å²) in [6.07, 6.45) is 3.66. The number of hydrogen-bond acceptors (Lipinski definition) is 4. The molecule has 2 N–H and O–H groups in total. The summed E-state index contributed by atoms with van der Waals surface area (Å²) >= 11 is 3.09. The van der Waals surface area contributed by atoms with Crippen LogP contribution >= 0.6 is 23.1 Å². The van der Waals surface area contributed by atoms with Gasteiger partial charge < -0.3 is 10.6 Å². The van der Waals surface area contributed by atoms with Crippen molar-refractivity contribution in [3.8, 4) is 0 Å². The largest absolute Gasteiger partial charge is 0.321 e. The topological polar surface area (TPSA) is 58.2 Å². The van der Waals surface area contributed by atoms with Gasteiger partial charge in [-0.3, -0.25) is 9.59 Å². The Morgan fingerprint density at radius 2 is 1.86 bits per heavy atom. The van der Waals surface area contributed by atoms with E-state index in [9.17, 15) is 9.59 Å². The third-order valence-corrected chi connectivity index (χ3v) is 5.48. The van der Waals surface area contributed by atoms with Gasteiger partial charge >= 0.3 is 0 Å². The van der Waals surface area contributed by atoms with Gasteiger partial charge in [-0.25, -0.2) is 0 Å². The highest BCUT2D eigenvalue weighted by atomic mass is 32.2. The van der Waals surface area contributed by atoms with Gasteiger partial charge in [0.05, 0.1) is 0 Å².